The summed E-state index contributed by atoms with van der Waals surface area (Å²) in [5, 5.41) is 12.2. The lowest BCUT2D eigenvalue weighted by Crippen LogP contribution is -2.09. The normalized spacial score (nSPS) is 13.7. The highest BCUT2D eigenvalue weighted by Gasteiger charge is 2.28. The minimum atomic E-state index is -0.484. The lowest BCUT2D eigenvalue weighted by Gasteiger charge is -2.06. The average molecular weight is 451 g/mol. The molecule has 0 amide bonds. The smallest absolute Gasteiger partial charge is 0.356 e. The Morgan fingerprint density at radius 1 is 1.25 bits per heavy atom. The highest BCUT2D eigenvalue weighted by molar-refractivity contribution is 7.78. The molecular weight excluding hydrogens is 428 g/mol. The summed E-state index contributed by atoms with van der Waals surface area (Å²) in [6.07, 6.45) is 3.95. The molecule has 1 aliphatic rings. The molecule has 0 spiro atoms. The van der Waals surface area contributed by atoms with Gasteiger partial charge in [0.1, 0.15) is 0 Å². The van der Waals surface area contributed by atoms with E-state index in [1.54, 1.807) is 10.0 Å². The summed E-state index contributed by atoms with van der Waals surface area (Å²) in [7, 11) is 1.35. The maximum Gasteiger partial charge on any atom is 0.356 e. The molecule has 32 heavy (non-hydrogen) atoms. The molecule has 4 aromatic rings. The van der Waals surface area contributed by atoms with E-state index in [-0.39, 0.29) is 11.7 Å². The van der Waals surface area contributed by atoms with Gasteiger partial charge >= 0.3 is 12.0 Å². The molecule has 5 rings (SSSR count). The van der Waals surface area contributed by atoms with Crippen LogP contribution in [0.5, 0.6) is 0 Å². The molecule has 1 N–H and O–H groups in total. The van der Waals surface area contributed by atoms with Crippen LogP contribution >= 0.6 is 12.8 Å². The minimum absolute atomic E-state index is 0.176. The van der Waals surface area contributed by atoms with Crippen LogP contribution in [0.25, 0.3) is 33.7 Å². The molecule has 164 valence electrons. The van der Waals surface area contributed by atoms with Crippen LogP contribution < -0.4 is 5.32 Å². The Hall–Kier alpha value is -3.40. The fourth-order valence-electron chi connectivity index (χ4n) is 3.55. The van der Waals surface area contributed by atoms with Gasteiger partial charge in [-0.3, -0.25) is 3.97 Å². The Labute approximate surface area is 189 Å². The summed E-state index contributed by atoms with van der Waals surface area (Å²) >= 11 is 4.56. The molecule has 3 aromatic heterocycles. The van der Waals surface area contributed by atoms with Crippen LogP contribution in [0.15, 0.2) is 34.9 Å². The standard InChI is InChI=1S/C22H22N6O3S/c1-11(2)23-22-27-26-20(31-22)13-6-7-18-14(8-13)15(10-28(18)32)19-24-16(12-4-5-12)9-17(25-19)21(29)30-3/h6-12,32H,4-5H2,1-3H3,(H,23,27). The van der Waals surface area contributed by atoms with Gasteiger partial charge in [-0.15, -0.1) is 5.10 Å². The van der Waals surface area contributed by atoms with E-state index in [1.165, 1.54) is 7.11 Å². The third-order valence-electron chi connectivity index (χ3n) is 5.25. The second-order valence-electron chi connectivity index (χ2n) is 8.10. The van der Waals surface area contributed by atoms with Gasteiger partial charge in [-0.1, -0.05) is 17.9 Å². The zero-order chi connectivity index (χ0) is 22.4. The predicted molar refractivity (Wildman–Crippen MR) is 123 cm³/mol. The highest BCUT2D eigenvalue weighted by atomic mass is 32.1. The molecule has 1 saturated carbocycles. The van der Waals surface area contributed by atoms with Crippen molar-refractivity contribution in [2.45, 2.75) is 38.6 Å². The van der Waals surface area contributed by atoms with Gasteiger partial charge in [-0.05, 0) is 51.0 Å². The lowest BCUT2D eigenvalue weighted by molar-refractivity contribution is 0.0593. The van der Waals surface area contributed by atoms with E-state index in [0.717, 1.165) is 40.6 Å². The number of nitrogens with zero attached hydrogens (tertiary/aromatic N) is 5. The number of ether oxygens (including phenoxy) is 1. The first kappa shape index (κ1) is 20.5. The number of anilines is 1. The Bertz CT molecular complexity index is 1320. The molecule has 1 aromatic carbocycles. The molecule has 0 saturated heterocycles. The summed E-state index contributed by atoms with van der Waals surface area (Å²) < 4.78 is 12.4. The van der Waals surface area contributed by atoms with Gasteiger partial charge < -0.3 is 14.5 Å². The molecule has 0 radical (unpaired) electrons. The molecule has 0 unspecified atom stereocenters. The third kappa shape index (κ3) is 3.81. The molecule has 3 heterocycles. The van der Waals surface area contributed by atoms with Gasteiger partial charge in [-0.25, -0.2) is 14.8 Å². The van der Waals surface area contributed by atoms with Crippen molar-refractivity contribution in [1.29, 1.82) is 0 Å². The van der Waals surface area contributed by atoms with E-state index in [1.807, 2.05) is 38.2 Å². The molecule has 9 nitrogen and oxygen atoms in total. The second kappa shape index (κ2) is 7.94. The van der Waals surface area contributed by atoms with Crippen LogP contribution in [0, 0.1) is 0 Å². The number of carbonyl (C=O) groups excluding carboxylic acids is 1. The fraction of sp³-hybridized carbons (Fsp3) is 0.318. The molecule has 0 atom stereocenters. The van der Waals surface area contributed by atoms with Crippen LogP contribution in [-0.2, 0) is 4.74 Å². The van der Waals surface area contributed by atoms with Crippen LogP contribution in [0.4, 0.5) is 6.01 Å². The molecule has 1 fully saturated rings. The maximum atomic E-state index is 12.2. The van der Waals surface area contributed by atoms with Gasteiger partial charge in [0.2, 0.25) is 5.89 Å². The number of carbonyl (C=O) groups is 1. The monoisotopic (exact) mass is 450 g/mol. The average Bonchev–Trinajstić information content (AvgIpc) is 3.46. The maximum absolute atomic E-state index is 12.2. The largest absolute Gasteiger partial charge is 0.464 e. The number of hydrogen-bond acceptors (Lipinski definition) is 9. The van der Waals surface area contributed by atoms with Crippen LogP contribution in [-0.4, -0.2) is 43.3 Å². The first-order valence-electron chi connectivity index (χ1n) is 10.4. The molecular formula is C22H22N6O3S. The topological polar surface area (TPSA) is 108 Å². The van der Waals surface area contributed by atoms with Gasteiger partial charge in [0.25, 0.3) is 0 Å². The van der Waals surface area contributed by atoms with Crippen LogP contribution in [0.2, 0.25) is 0 Å². The van der Waals surface area contributed by atoms with Crippen molar-refractivity contribution in [3.05, 3.63) is 41.9 Å². The Morgan fingerprint density at radius 3 is 2.78 bits per heavy atom. The first-order chi connectivity index (χ1) is 15.4. The Balaban J connectivity index is 1.62. The van der Waals surface area contributed by atoms with Crippen molar-refractivity contribution < 1.29 is 13.9 Å². The second-order valence-corrected chi connectivity index (χ2v) is 8.53. The summed E-state index contributed by atoms with van der Waals surface area (Å²) in [6, 6.07) is 8.02. The van der Waals surface area contributed by atoms with Crippen molar-refractivity contribution in [2.75, 3.05) is 12.4 Å². The van der Waals surface area contributed by atoms with Crippen molar-refractivity contribution in [3.8, 4) is 22.8 Å². The van der Waals surface area contributed by atoms with Gasteiger partial charge in [-0.2, -0.15) is 0 Å². The Kier molecular flexibility index (Phi) is 5.09. The zero-order valence-electron chi connectivity index (χ0n) is 17.9. The zero-order valence-corrected chi connectivity index (χ0v) is 18.8. The number of nitrogens with one attached hydrogen (secondary N) is 1. The number of hydrogen-bond donors (Lipinski definition) is 2. The number of fused-ring (bicyclic) bond motifs is 1. The molecule has 1 aliphatic carbocycles. The van der Waals surface area contributed by atoms with E-state index < -0.39 is 5.97 Å². The number of thiol groups is 1. The third-order valence-corrected chi connectivity index (χ3v) is 5.58. The van der Waals surface area contributed by atoms with Crippen LogP contribution in [0.1, 0.15) is 48.8 Å². The summed E-state index contributed by atoms with van der Waals surface area (Å²) in [5.41, 5.74) is 3.48. The molecule has 10 heteroatoms. The van der Waals surface area contributed by atoms with E-state index in [2.05, 4.69) is 33.3 Å². The van der Waals surface area contributed by atoms with Crippen molar-refractivity contribution in [3.63, 3.8) is 0 Å². The fourth-order valence-corrected chi connectivity index (χ4v) is 3.84. The lowest BCUT2D eigenvalue weighted by atomic mass is 10.1. The molecule has 0 aliphatic heterocycles. The number of esters is 1. The van der Waals surface area contributed by atoms with Gasteiger partial charge in [0, 0.05) is 40.4 Å². The Morgan fingerprint density at radius 2 is 2.06 bits per heavy atom. The van der Waals surface area contributed by atoms with E-state index >= 15 is 0 Å². The predicted octanol–water partition coefficient (Wildman–Crippen LogP) is 4.33. The van der Waals surface area contributed by atoms with Crippen molar-refractivity contribution in [2.24, 2.45) is 0 Å². The summed E-state index contributed by atoms with van der Waals surface area (Å²) in [5.74, 6) is 0.723. The number of methoxy groups -OCH3 is 1. The summed E-state index contributed by atoms with van der Waals surface area (Å²) in [6.45, 7) is 3.99. The van der Waals surface area contributed by atoms with Crippen LogP contribution in [0.3, 0.4) is 0 Å². The molecule has 0 bridgehead atoms. The summed E-state index contributed by atoms with van der Waals surface area (Å²) in [4.78, 5) is 21.5. The highest BCUT2D eigenvalue weighted by Crippen LogP contribution is 2.40. The van der Waals surface area contributed by atoms with Gasteiger partial charge in [0.05, 0.1) is 12.6 Å². The van der Waals surface area contributed by atoms with E-state index in [4.69, 9.17) is 14.1 Å². The van der Waals surface area contributed by atoms with E-state index in [9.17, 15) is 4.79 Å². The minimum Gasteiger partial charge on any atom is -0.464 e. The van der Waals surface area contributed by atoms with Gasteiger partial charge in [0.15, 0.2) is 11.5 Å². The van der Waals surface area contributed by atoms with Crippen molar-refractivity contribution in [1.82, 2.24) is 24.1 Å². The SMILES string of the molecule is COC(=O)c1cc(C2CC2)nc(-c2cn(S)c3ccc(-c4nnc(NC(C)C)o4)cc23)n1. The van der Waals surface area contributed by atoms with E-state index in [0.29, 0.717) is 23.6 Å². The number of rotatable bonds is 6. The number of benzene rings is 1. The van der Waals surface area contributed by atoms with Crippen molar-refractivity contribution >= 4 is 35.7 Å². The quantitative estimate of drug-likeness (QED) is 0.330. The first-order valence-corrected chi connectivity index (χ1v) is 10.8. The number of aromatic nitrogens is 5.